The number of aliphatic carboxylic acids is 1. The first-order chi connectivity index (χ1) is 9.31. The second-order valence-corrected chi connectivity index (χ2v) is 6.62. The second-order valence-electron chi connectivity index (χ2n) is 5.66. The van der Waals surface area contributed by atoms with Crippen LogP contribution in [0.2, 0.25) is 0 Å². The minimum Gasteiger partial charge on any atom is -0.479 e. The third kappa shape index (κ3) is 3.02. The summed E-state index contributed by atoms with van der Waals surface area (Å²) in [5.74, 6) is -1.01. The Labute approximate surface area is 121 Å². The zero-order chi connectivity index (χ0) is 14.9. The van der Waals surface area contributed by atoms with Gasteiger partial charge in [-0.15, -0.1) is 11.3 Å². The van der Waals surface area contributed by atoms with E-state index in [1.165, 1.54) is 11.8 Å². The second kappa shape index (κ2) is 5.54. The largest absolute Gasteiger partial charge is 0.479 e. The molecule has 5 nitrogen and oxygen atoms in total. The molecule has 0 saturated heterocycles. The molecule has 110 valence electrons. The predicted octanol–water partition coefficient (Wildman–Crippen LogP) is 1.44. The van der Waals surface area contributed by atoms with Gasteiger partial charge in [0, 0.05) is 10.3 Å². The molecule has 1 heterocycles. The molecule has 1 amide bonds. The molecule has 0 aromatic carbocycles. The first-order valence-electron chi connectivity index (χ1n) is 6.64. The maximum Gasteiger partial charge on any atom is 0.337 e. The molecule has 20 heavy (non-hydrogen) atoms. The van der Waals surface area contributed by atoms with Gasteiger partial charge in [0.05, 0.1) is 12.1 Å². The van der Waals surface area contributed by atoms with Crippen LogP contribution in [-0.4, -0.2) is 34.2 Å². The van der Waals surface area contributed by atoms with Gasteiger partial charge in [-0.25, -0.2) is 4.79 Å². The zero-order valence-electron chi connectivity index (χ0n) is 11.6. The zero-order valence-corrected chi connectivity index (χ0v) is 12.4. The number of carboxylic acids is 1. The van der Waals surface area contributed by atoms with Crippen LogP contribution in [0.4, 0.5) is 0 Å². The van der Waals surface area contributed by atoms with E-state index < -0.39 is 11.6 Å². The number of thiophene rings is 1. The monoisotopic (exact) mass is 297 g/mol. The van der Waals surface area contributed by atoms with Crippen molar-refractivity contribution < 1.29 is 19.8 Å². The Morgan fingerprint density at radius 1 is 1.55 bits per heavy atom. The molecule has 0 bridgehead atoms. The summed E-state index contributed by atoms with van der Waals surface area (Å²) < 4.78 is 0. The van der Waals surface area contributed by atoms with Gasteiger partial charge in [-0.1, -0.05) is 6.92 Å². The lowest BCUT2D eigenvalue weighted by atomic mass is 9.88. The Bertz CT molecular complexity index is 535. The van der Waals surface area contributed by atoms with Crippen LogP contribution in [0.3, 0.4) is 0 Å². The molecule has 1 aromatic heterocycles. The Kier molecular flexibility index (Phi) is 4.15. The molecule has 1 aliphatic carbocycles. The fourth-order valence-corrected chi connectivity index (χ4v) is 3.54. The van der Waals surface area contributed by atoms with Gasteiger partial charge in [0.15, 0.2) is 5.60 Å². The topological polar surface area (TPSA) is 86.6 Å². The molecule has 2 unspecified atom stereocenters. The van der Waals surface area contributed by atoms with Crippen LogP contribution in [0, 0.1) is 5.92 Å². The average molecular weight is 297 g/mol. The first kappa shape index (κ1) is 15.0. The van der Waals surface area contributed by atoms with Crippen molar-refractivity contribution in [2.45, 2.75) is 38.7 Å². The summed E-state index contributed by atoms with van der Waals surface area (Å²) in [6, 6.07) is 0. The highest BCUT2D eigenvalue weighted by Crippen LogP contribution is 2.32. The number of hydrogen-bond acceptors (Lipinski definition) is 4. The lowest BCUT2D eigenvalue weighted by molar-refractivity contribution is -0.155. The summed E-state index contributed by atoms with van der Waals surface area (Å²) in [5.41, 5.74) is -0.237. The van der Waals surface area contributed by atoms with Crippen molar-refractivity contribution in [3.63, 3.8) is 0 Å². The van der Waals surface area contributed by atoms with E-state index in [-0.39, 0.29) is 12.5 Å². The molecule has 2 atom stereocenters. The number of amides is 1. The number of fused-ring (bicyclic) bond motifs is 1. The Hall–Kier alpha value is -1.40. The van der Waals surface area contributed by atoms with E-state index in [1.54, 1.807) is 11.3 Å². The molecule has 0 aliphatic heterocycles. The third-order valence-electron chi connectivity index (χ3n) is 3.70. The van der Waals surface area contributed by atoms with Gasteiger partial charge in [-0.05, 0) is 37.7 Å². The van der Waals surface area contributed by atoms with Gasteiger partial charge in [0.2, 0.25) is 0 Å². The molecule has 0 fully saturated rings. The molecule has 3 N–H and O–H groups in total. The van der Waals surface area contributed by atoms with Gasteiger partial charge in [-0.2, -0.15) is 0 Å². The Balaban J connectivity index is 2.06. The van der Waals surface area contributed by atoms with Crippen LogP contribution in [0.1, 0.15) is 41.1 Å². The van der Waals surface area contributed by atoms with Crippen molar-refractivity contribution >= 4 is 23.2 Å². The van der Waals surface area contributed by atoms with E-state index in [2.05, 4.69) is 12.2 Å². The van der Waals surface area contributed by atoms with Gasteiger partial charge in [0.1, 0.15) is 0 Å². The van der Waals surface area contributed by atoms with E-state index in [0.717, 1.165) is 24.8 Å². The number of nitrogens with one attached hydrogen (secondary N) is 1. The molecule has 2 rings (SSSR count). The lowest BCUT2D eigenvalue weighted by Crippen LogP contribution is -2.46. The molecule has 0 radical (unpaired) electrons. The van der Waals surface area contributed by atoms with Crippen LogP contribution in [-0.2, 0) is 17.6 Å². The highest BCUT2D eigenvalue weighted by atomic mass is 32.1. The number of aliphatic hydroxyl groups is 1. The summed E-state index contributed by atoms with van der Waals surface area (Å²) in [5, 5.41) is 22.7. The third-order valence-corrected chi connectivity index (χ3v) is 4.75. The number of carboxylic acid groups (broad SMARTS) is 1. The standard InChI is InChI=1S/C14H19NO4S/c1-8-3-4-9-10(6-20-11(9)5-8)12(16)15-7-14(2,19)13(17)18/h6,8,19H,3-5,7H2,1-2H3,(H,15,16)(H,17,18). The van der Waals surface area contributed by atoms with Crippen molar-refractivity contribution in [2.75, 3.05) is 6.54 Å². The smallest absolute Gasteiger partial charge is 0.337 e. The van der Waals surface area contributed by atoms with Crippen LogP contribution >= 0.6 is 11.3 Å². The molecule has 1 aromatic rings. The van der Waals surface area contributed by atoms with Crippen molar-refractivity contribution in [1.29, 1.82) is 0 Å². The van der Waals surface area contributed by atoms with E-state index in [1.807, 2.05) is 5.38 Å². The number of hydrogen-bond donors (Lipinski definition) is 3. The fourth-order valence-electron chi connectivity index (χ4n) is 2.29. The maximum atomic E-state index is 12.1. The maximum absolute atomic E-state index is 12.1. The summed E-state index contributed by atoms with van der Waals surface area (Å²) in [7, 11) is 0. The summed E-state index contributed by atoms with van der Waals surface area (Å²) in [6.45, 7) is 3.06. The van der Waals surface area contributed by atoms with Gasteiger partial charge in [-0.3, -0.25) is 4.79 Å². The molecule has 0 spiro atoms. The average Bonchev–Trinajstić information content (AvgIpc) is 2.78. The highest BCUT2D eigenvalue weighted by Gasteiger charge is 2.31. The molecular formula is C14H19NO4S. The predicted molar refractivity (Wildman–Crippen MR) is 76.1 cm³/mol. The van der Waals surface area contributed by atoms with E-state index in [4.69, 9.17) is 5.11 Å². The van der Waals surface area contributed by atoms with Crippen molar-refractivity contribution in [1.82, 2.24) is 5.32 Å². The van der Waals surface area contributed by atoms with E-state index >= 15 is 0 Å². The number of carbonyl (C=O) groups is 2. The normalized spacial score (nSPS) is 20.9. The van der Waals surface area contributed by atoms with Crippen LogP contribution in [0.25, 0.3) is 0 Å². The SMILES string of the molecule is CC1CCc2c(C(=O)NCC(C)(O)C(=O)O)csc2C1. The van der Waals surface area contributed by atoms with Gasteiger partial charge in [0.25, 0.3) is 5.91 Å². The Morgan fingerprint density at radius 3 is 2.90 bits per heavy atom. The number of carbonyl (C=O) groups excluding carboxylic acids is 1. The summed E-state index contributed by atoms with van der Waals surface area (Å²) in [6.07, 6.45) is 2.95. The molecule has 0 saturated carbocycles. The molecule has 6 heteroatoms. The fraction of sp³-hybridized carbons (Fsp3) is 0.571. The molecule has 1 aliphatic rings. The van der Waals surface area contributed by atoms with Crippen molar-refractivity contribution in [3.8, 4) is 0 Å². The van der Waals surface area contributed by atoms with Gasteiger partial charge >= 0.3 is 5.97 Å². The van der Waals surface area contributed by atoms with E-state index in [0.29, 0.717) is 11.5 Å². The van der Waals surface area contributed by atoms with Crippen LogP contribution in [0.5, 0.6) is 0 Å². The first-order valence-corrected chi connectivity index (χ1v) is 7.52. The minimum atomic E-state index is -1.94. The Morgan fingerprint density at radius 2 is 2.25 bits per heavy atom. The van der Waals surface area contributed by atoms with Crippen molar-refractivity contribution in [3.05, 3.63) is 21.4 Å². The van der Waals surface area contributed by atoms with Crippen LogP contribution < -0.4 is 5.32 Å². The van der Waals surface area contributed by atoms with Gasteiger partial charge < -0.3 is 15.5 Å². The minimum absolute atomic E-state index is 0.303. The quantitative estimate of drug-likeness (QED) is 0.785. The van der Waals surface area contributed by atoms with Crippen molar-refractivity contribution in [2.24, 2.45) is 5.92 Å². The van der Waals surface area contributed by atoms with Crippen LogP contribution in [0.15, 0.2) is 5.38 Å². The summed E-state index contributed by atoms with van der Waals surface area (Å²) >= 11 is 1.58. The molecular weight excluding hydrogens is 278 g/mol. The highest BCUT2D eigenvalue weighted by molar-refractivity contribution is 7.10. The summed E-state index contributed by atoms with van der Waals surface area (Å²) in [4.78, 5) is 24.2. The van der Waals surface area contributed by atoms with E-state index in [9.17, 15) is 14.7 Å². The number of rotatable bonds is 4. The lowest BCUT2D eigenvalue weighted by Gasteiger charge is -2.20.